The van der Waals surface area contributed by atoms with E-state index in [-0.39, 0.29) is 6.54 Å². The number of hydrogen-bond acceptors (Lipinski definition) is 4. The van der Waals surface area contributed by atoms with Gasteiger partial charge in [0.25, 0.3) is 0 Å². The molecule has 0 N–H and O–H groups in total. The summed E-state index contributed by atoms with van der Waals surface area (Å²) in [6.45, 7) is 0.147. The zero-order valence-corrected chi connectivity index (χ0v) is 12.0. The molecule has 1 unspecified atom stereocenters. The first-order valence-electron chi connectivity index (χ1n) is 6.31. The summed E-state index contributed by atoms with van der Waals surface area (Å²) >= 11 is 0. The molecule has 9 heteroatoms. The molecule has 0 spiro atoms. The van der Waals surface area contributed by atoms with Gasteiger partial charge in [0.1, 0.15) is 6.04 Å². The summed E-state index contributed by atoms with van der Waals surface area (Å²) < 4.78 is 65.8. The molecule has 0 aromatic rings. The fraction of sp³-hybridized carbons (Fsp3) is 0.909. The lowest BCUT2D eigenvalue weighted by Crippen LogP contribution is -2.49. The third-order valence-electron chi connectivity index (χ3n) is 3.15. The molecule has 0 saturated carbocycles. The van der Waals surface area contributed by atoms with E-state index in [0.717, 1.165) is 11.4 Å². The number of hydrogen-bond donors (Lipinski definition) is 0. The highest BCUT2D eigenvalue weighted by Crippen LogP contribution is 2.25. The molecular weight excluding hydrogens is 299 g/mol. The summed E-state index contributed by atoms with van der Waals surface area (Å²) in [5.41, 5.74) is 0. The molecule has 0 radical (unpaired) electrons. The molecule has 0 bridgehead atoms. The molecule has 1 atom stereocenters. The molecule has 20 heavy (non-hydrogen) atoms. The van der Waals surface area contributed by atoms with Gasteiger partial charge in [-0.2, -0.15) is 17.5 Å². The molecule has 1 rings (SSSR count). The van der Waals surface area contributed by atoms with Crippen LogP contribution >= 0.6 is 0 Å². The van der Waals surface area contributed by atoms with Crippen LogP contribution in [0.1, 0.15) is 32.1 Å². The minimum absolute atomic E-state index is 0.147. The van der Waals surface area contributed by atoms with Crippen LogP contribution in [0.3, 0.4) is 0 Å². The number of piperidine rings is 1. The highest BCUT2D eigenvalue weighted by atomic mass is 32.2. The van der Waals surface area contributed by atoms with E-state index < -0.39 is 46.8 Å². The Hall–Kier alpha value is -0.830. The van der Waals surface area contributed by atoms with Gasteiger partial charge in [-0.05, 0) is 25.7 Å². The Labute approximate surface area is 116 Å². The van der Waals surface area contributed by atoms with Gasteiger partial charge in [-0.15, -0.1) is 0 Å². The first-order valence-corrected chi connectivity index (χ1v) is 7.92. The summed E-state index contributed by atoms with van der Waals surface area (Å²) in [6.07, 6.45) is -4.41. The Balaban J connectivity index is 2.70. The monoisotopic (exact) mass is 317 g/mol. The Kier molecular flexibility index (Phi) is 5.81. The second kappa shape index (κ2) is 6.75. The minimum atomic E-state index is -4.38. The Morgan fingerprint density at radius 3 is 2.55 bits per heavy atom. The fourth-order valence-corrected chi connectivity index (χ4v) is 3.91. The van der Waals surface area contributed by atoms with E-state index in [9.17, 15) is 26.4 Å². The topological polar surface area (TPSA) is 63.7 Å². The lowest BCUT2D eigenvalue weighted by atomic mass is 10.1. The summed E-state index contributed by atoms with van der Waals surface area (Å²) in [4.78, 5) is 11.5. The minimum Gasteiger partial charge on any atom is -0.468 e. The van der Waals surface area contributed by atoms with Crippen molar-refractivity contribution in [3.05, 3.63) is 0 Å². The predicted octanol–water partition coefficient (Wildman–Crippen LogP) is 1.69. The summed E-state index contributed by atoms with van der Waals surface area (Å²) in [7, 11) is -2.72. The molecule has 5 nitrogen and oxygen atoms in total. The lowest BCUT2D eigenvalue weighted by molar-refractivity contribution is -0.146. The largest absolute Gasteiger partial charge is 0.468 e. The third kappa shape index (κ3) is 4.93. The molecule has 0 aromatic heterocycles. The Morgan fingerprint density at radius 2 is 2.00 bits per heavy atom. The summed E-state index contributed by atoms with van der Waals surface area (Å²) in [6, 6.07) is -0.912. The third-order valence-corrected chi connectivity index (χ3v) is 5.10. The van der Waals surface area contributed by atoms with E-state index in [1.54, 1.807) is 0 Å². The van der Waals surface area contributed by atoms with E-state index in [0.29, 0.717) is 19.3 Å². The average Bonchev–Trinajstić information content (AvgIpc) is 2.36. The fourth-order valence-electron chi connectivity index (χ4n) is 2.18. The second-order valence-electron chi connectivity index (χ2n) is 4.68. The normalized spacial score (nSPS) is 21.7. The Bertz CT molecular complexity index is 435. The van der Waals surface area contributed by atoms with Gasteiger partial charge in [0, 0.05) is 13.0 Å². The van der Waals surface area contributed by atoms with Crippen molar-refractivity contribution >= 4 is 16.0 Å². The number of esters is 1. The van der Waals surface area contributed by atoms with Crippen molar-refractivity contribution in [3.63, 3.8) is 0 Å². The highest BCUT2D eigenvalue weighted by molar-refractivity contribution is 7.89. The maximum atomic E-state index is 12.1. The Morgan fingerprint density at radius 1 is 1.35 bits per heavy atom. The summed E-state index contributed by atoms with van der Waals surface area (Å²) in [5, 5.41) is 0. The van der Waals surface area contributed by atoms with Crippen molar-refractivity contribution in [1.29, 1.82) is 0 Å². The number of alkyl halides is 3. The van der Waals surface area contributed by atoms with E-state index >= 15 is 0 Å². The van der Waals surface area contributed by atoms with Gasteiger partial charge >= 0.3 is 12.1 Å². The quantitative estimate of drug-likeness (QED) is 0.724. The van der Waals surface area contributed by atoms with Crippen LogP contribution < -0.4 is 0 Å². The van der Waals surface area contributed by atoms with E-state index in [1.165, 1.54) is 0 Å². The number of methoxy groups -OCH3 is 1. The number of halogens is 3. The predicted molar refractivity (Wildman–Crippen MR) is 65.4 cm³/mol. The van der Waals surface area contributed by atoms with E-state index in [1.807, 2.05) is 0 Å². The van der Waals surface area contributed by atoms with Crippen molar-refractivity contribution in [1.82, 2.24) is 4.31 Å². The molecule has 1 aliphatic heterocycles. The van der Waals surface area contributed by atoms with Crippen molar-refractivity contribution in [2.75, 3.05) is 19.4 Å². The van der Waals surface area contributed by atoms with Crippen LogP contribution in [0.2, 0.25) is 0 Å². The molecule has 1 aliphatic rings. The van der Waals surface area contributed by atoms with E-state index in [4.69, 9.17) is 0 Å². The van der Waals surface area contributed by atoms with Crippen LogP contribution in [0, 0.1) is 0 Å². The van der Waals surface area contributed by atoms with E-state index in [2.05, 4.69) is 4.74 Å². The second-order valence-corrected chi connectivity index (χ2v) is 6.72. The number of sulfonamides is 1. The number of rotatable bonds is 5. The maximum Gasteiger partial charge on any atom is 0.389 e. The van der Waals surface area contributed by atoms with Crippen molar-refractivity contribution in [2.24, 2.45) is 0 Å². The van der Waals surface area contributed by atoms with Crippen LogP contribution in [0.25, 0.3) is 0 Å². The van der Waals surface area contributed by atoms with Crippen molar-refractivity contribution < 1.29 is 31.1 Å². The zero-order valence-electron chi connectivity index (χ0n) is 11.1. The van der Waals surface area contributed by atoms with Crippen LogP contribution in [-0.2, 0) is 19.6 Å². The summed E-state index contributed by atoms with van der Waals surface area (Å²) in [5.74, 6) is -1.27. The molecular formula is C11H18F3NO4S. The van der Waals surface area contributed by atoms with Gasteiger partial charge < -0.3 is 4.74 Å². The first kappa shape index (κ1) is 17.2. The van der Waals surface area contributed by atoms with Gasteiger partial charge in [-0.1, -0.05) is 0 Å². The molecule has 0 aliphatic carbocycles. The van der Waals surface area contributed by atoms with Gasteiger partial charge in [0.05, 0.1) is 12.9 Å². The van der Waals surface area contributed by atoms with Gasteiger partial charge in [-0.25, -0.2) is 8.42 Å². The van der Waals surface area contributed by atoms with Gasteiger partial charge in [0.15, 0.2) is 0 Å². The molecule has 1 fully saturated rings. The SMILES string of the molecule is COC(=O)C1CCCCN1S(=O)(=O)CCCC(F)(F)F. The smallest absolute Gasteiger partial charge is 0.389 e. The zero-order chi connectivity index (χ0) is 15.4. The van der Waals surface area contributed by atoms with Crippen LogP contribution in [0.5, 0.6) is 0 Å². The van der Waals surface area contributed by atoms with Crippen LogP contribution in [0.15, 0.2) is 0 Å². The van der Waals surface area contributed by atoms with Gasteiger partial charge in [0.2, 0.25) is 10.0 Å². The molecule has 0 amide bonds. The van der Waals surface area contributed by atoms with Crippen LogP contribution in [-0.4, -0.2) is 50.3 Å². The molecule has 0 aromatic carbocycles. The van der Waals surface area contributed by atoms with Crippen molar-refractivity contribution in [3.8, 4) is 0 Å². The average molecular weight is 317 g/mol. The highest BCUT2D eigenvalue weighted by Gasteiger charge is 2.37. The maximum absolute atomic E-state index is 12.1. The number of nitrogens with zero attached hydrogens (tertiary/aromatic N) is 1. The van der Waals surface area contributed by atoms with Gasteiger partial charge in [-0.3, -0.25) is 4.79 Å². The van der Waals surface area contributed by atoms with Crippen molar-refractivity contribution in [2.45, 2.75) is 44.3 Å². The standard InChI is InChI=1S/C11H18F3NO4S/c1-19-10(16)9-5-2-3-7-15(9)20(17,18)8-4-6-11(12,13)14/h9H,2-8H2,1H3. The molecule has 118 valence electrons. The van der Waals surface area contributed by atoms with Crippen LogP contribution in [0.4, 0.5) is 13.2 Å². The number of ether oxygens (including phenoxy) is 1. The molecule has 1 saturated heterocycles. The lowest BCUT2D eigenvalue weighted by Gasteiger charge is -2.32. The number of carbonyl (C=O) groups excluding carboxylic acids is 1. The first-order chi connectivity index (χ1) is 9.17. The molecule has 1 heterocycles. The number of carbonyl (C=O) groups is 1.